The van der Waals surface area contributed by atoms with Gasteiger partial charge in [0.05, 0.1) is 21.7 Å². The van der Waals surface area contributed by atoms with Gasteiger partial charge < -0.3 is 0 Å². The number of thiophene rings is 1. The van der Waals surface area contributed by atoms with Crippen molar-refractivity contribution < 1.29 is 9.72 Å². The van der Waals surface area contributed by atoms with Crippen molar-refractivity contribution in [2.24, 2.45) is 5.10 Å². The summed E-state index contributed by atoms with van der Waals surface area (Å²) in [6, 6.07) is 6.17. The van der Waals surface area contributed by atoms with Crippen molar-refractivity contribution in [3.8, 4) is 0 Å². The molecule has 1 aromatic heterocycles. The fourth-order valence-corrected chi connectivity index (χ4v) is 4.89. The van der Waals surface area contributed by atoms with Crippen molar-refractivity contribution >= 4 is 56.8 Å². The van der Waals surface area contributed by atoms with Gasteiger partial charge in [0.15, 0.2) is 0 Å². The Bertz CT molecular complexity index is 1010. The van der Waals surface area contributed by atoms with E-state index in [0.717, 1.165) is 43.7 Å². The van der Waals surface area contributed by atoms with E-state index in [2.05, 4.69) is 10.5 Å². The van der Waals surface area contributed by atoms with Crippen LogP contribution in [0.5, 0.6) is 0 Å². The summed E-state index contributed by atoms with van der Waals surface area (Å²) < 4.78 is 0. The lowest BCUT2D eigenvalue weighted by Crippen LogP contribution is -2.47. The highest BCUT2D eigenvalue weighted by Gasteiger charge is 2.35. The maximum atomic E-state index is 12.8. The second-order valence-electron chi connectivity index (χ2n) is 7.17. The third-order valence-corrected chi connectivity index (χ3v) is 6.55. The number of hydrazone groups is 1. The maximum Gasteiger partial charge on any atom is 0.324 e. The third-order valence-electron chi connectivity index (χ3n) is 5.12. The first-order valence-corrected chi connectivity index (χ1v) is 11.2. The number of benzene rings is 1. The molecule has 4 rings (SSSR count). The molecule has 3 heterocycles. The van der Waals surface area contributed by atoms with E-state index in [1.807, 2.05) is 5.01 Å². The first-order valence-electron chi connectivity index (χ1n) is 9.53. The molecule has 1 N–H and O–H groups in total. The number of halogens is 2. The number of piperidine rings is 1. The normalized spacial score (nSPS) is 19.6. The van der Waals surface area contributed by atoms with Gasteiger partial charge in [0.1, 0.15) is 5.71 Å². The van der Waals surface area contributed by atoms with Gasteiger partial charge in [-0.2, -0.15) is 5.10 Å². The highest BCUT2D eigenvalue weighted by molar-refractivity contribution is 7.13. The molecular formula is C19H19Cl2N5O3S. The molecule has 1 atom stereocenters. The maximum absolute atomic E-state index is 12.8. The van der Waals surface area contributed by atoms with E-state index in [-0.39, 0.29) is 17.0 Å². The van der Waals surface area contributed by atoms with Gasteiger partial charge in [-0.25, -0.2) is 5.01 Å². The van der Waals surface area contributed by atoms with Gasteiger partial charge in [0, 0.05) is 36.0 Å². The largest absolute Gasteiger partial charge is 0.324 e. The Morgan fingerprint density at radius 2 is 2.00 bits per heavy atom. The number of carbonyl (C=O) groups is 1. The van der Waals surface area contributed by atoms with Crippen molar-refractivity contribution in [3.05, 3.63) is 55.4 Å². The minimum Gasteiger partial charge on any atom is -0.284 e. The van der Waals surface area contributed by atoms with Gasteiger partial charge in [-0.15, -0.1) is 0 Å². The zero-order chi connectivity index (χ0) is 21.3. The molecule has 30 heavy (non-hydrogen) atoms. The van der Waals surface area contributed by atoms with Gasteiger partial charge >= 0.3 is 5.00 Å². The van der Waals surface area contributed by atoms with E-state index in [1.54, 1.807) is 28.6 Å². The summed E-state index contributed by atoms with van der Waals surface area (Å²) in [7, 11) is 0. The standard InChI is InChI=1S/C19H19Cl2N5O3S/c20-13-4-5-16(14(21)9-13)25-17(12-8-18(26(28)29)30-11-12)10-15(22-25)19(27)23-24-6-2-1-3-7-24/h4-5,8-9,11,17H,1-3,6-7,10H2,(H,23,27). The molecule has 2 aliphatic heterocycles. The summed E-state index contributed by atoms with van der Waals surface area (Å²) in [5.74, 6) is -0.265. The number of rotatable bonds is 5. The number of nitrogens with zero attached hydrogens (tertiary/aromatic N) is 4. The quantitative estimate of drug-likeness (QED) is 0.504. The zero-order valence-corrected chi connectivity index (χ0v) is 18.2. The van der Waals surface area contributed by atoms with Crippen molar-refractivity contribution in [2.75, 3.05) is 18.1 Å². The summed E-state index contributed by atoms with van der Waals surface area (Å²) in [6.07, 6.45) is 3.56. The fraction of sp³-hybridized carbons (Fsp3) is 0.368. The molecule has 2 aromatic rings. The molecule has 1 aromatic carbocycles. The molecule has 11 heteroatoms. The highest BCUT2D eigenvalue weighted by atomic mass is 35.5. The van der Waals surface area contributed by atoms with E-state index in [1.165, 1.54) is 6.07 Å². The summed E-state index contributed by atoms with van der Waals surface area (Å²) in [5.41, 5.74) is 4.58. The molecule has 1 saturated heterocycles. The van der Waals surface area contributed by atoms with Crippen LogP contribution in [0, 0.1) is 10.1 Å². The van der Waals surface area contributed by atoms with E-state index < -0.39 is 4.92 Å². The van der Waals surface area contributed by atoms with Crippen LogP contribution in [0.4, 0.5) is 10.7 Å². The number of nitro groups is 1. The van der Waals surface area contributed by atoms with Gasteiger partial charge in [-0.1, -0.05) is 41.0 Å². The molecule has 0 saturated carbocycles. The van der Waals surface area contributed by atoms with Crippen LogP contribution in [0.15, 0.2) is 34.7 Å². The van der Waals surface area contributed by atoms with E-state index in [0.29, 0.717) is 33.4 Å². The Kier molecular flexibility index (Phi) is 6.24. The molecule has 1 unspecified atom stereocenters. The zero-order valence-electron chi connectivity index (χ0n) is 15.9. The van der Waals surface area contributed by atoms with Crippen LogP contribution in [0.1, 0.15) is 37.3 Å². The SMILES string of the molecule is O=C(NN1CCCCC1)C1=NN(c2ccc(Cl)cc2Cl)C(c2csc([N+](=O)[O-])c2)C1. The topological polar surface area (TPSA) is 91.1 Å². The number of carbonyl (C=O) groups excluding carboxylic acids is 1. The van der Waals surface area contributed by atoms with Crippen LogP contribution in [-0.2, 0) is 4.79 Å². The number of hydrogen-bond acceptors (Lipinski definition) is 7. The Morgan fingerprint density at radius 1 is 1.23 bits per heavy atom. The molecule has 0 radical (unpaired) electrons. The minimum atomic E-state index is -0.423. The lowest BCUT2D eigenvalue weighted by molar-refractivity contribution is -0.380. The Balaban J connectivity index is 1.63. The van der Waals surface area contributed by atoms with Crippen LogP contribution in [0.2, 0.25) is 10.0 Å². The summed E-state index contributed by atoms with van der Waals surface area (Å²) in [6.45, 7) is 1.62. The van der Waals surface area contributed by atoms with Crippen molar-refractivity contribution in [2.45, 2.75) is 31.7 Å². The number of amides is 1. The van der Waals surface area contributed by atoms with Gasteiger partial charge in [0.25, 0.3) is 5.91 Å². The lowest BCUT2D eigenvalue weighted by Gasteiger charge is -2.26. The number of nitrogens with one attached hydrogen (secondary N) is 1. The smallest absolute Gasteiger partial charge is 0.284 e. The Labute approximate surface area is 187 Å². The molecule has 0 spiro atoms. The molecule has 0 bridgehead atoms. The predicted octanol–water partition coefficient (Wildman–Crippen LogP) is 4.79. The fourth-order valence-electron chi connectivity index (χ4n) is 3.62. The molecular weight excluding hydrogens is 449 g/mol. The number of hydrogen-bond donors (Lipinski definition) is 1. The molecule has 8 nitrogen and oxygen atoms in total. The molecule has 1 fully saturated rings. The van der Waals surface area contributed by atoms with E-state index in [4.69, 9.17) is 23.2 Å². The molecule has 1 amide bonds. The van der Waals surface area contributed by atoms with Gasteiger partial charge in [-0.3, -0.25) is 25.3 Å². The second kappa shape index (κ2) is 8.89. The van der Waals surface area contributed by atoms with Crippen LogP contribution in [0.3, 0.4) is 0 Å². The van der Waals surface area contributed by atoms with Crippen LogP contribution >= 0.6 is 34.5 Å². The first-order chi connectivity index (χ1) is 14.4. The number of hydrazine groups is 1. The van der Waals surface area contributed by atoms with E-state index >= 15 is 0 Å². The highest BCUT2D eigenvalue weighted by Crippen LogP contribution is 2.41. The summed E-state index contributed by atoms with van der Waals surface area (Å²) >= 11 is 13.5. The molecule has 158 valence electrons. The lowest BCUT2D eigenvalue weighted by atomic mass is 10.0. The monoisotopic (exact) mass is 467 g/mol. The van der Waals surface area contributed by atoms with Crippen molar-refractivity contribution in [3.63, 3.8) is 0 Å². The van der Waals surface area contributed by atoms with Gasteiger partial charge in [-0.05, 0) is 36.6 Å². The second-order valence-corrected chi connectivity index (χ2v) is 8.90. The Morgan fingerprint density at radius 3 is 2.67 bits per heavy atom. The first kappa shape index (κ1) is 21.0. The third kappa shape index (κ3) is 4.44. The summed E-state index contributed by atoms with van der Waals surface area (Å²) in [4.78, 5) is 23.6. The summed E-state index contributed by atoms with van der Waals surface area (Å²) in [5, 5.41) is 21.9. The van der Waals surface area contributed by atoms with Crippen LogP contribution in [-0.4, -0.2) is 34.6 Å². The molecule has 2 aliphatic rings. The van der Waals surface area contributed by atoms with Crippen molar-refractivity contribution in [1.29, 1.82) is 0 Å². The average molecular weight is 468 g/mol. The molecule has 0 aliphatic carbocycles. The van der Waals surface area contributed by atoms with Crippen LogP contribution in [0.25, 0.3) is 0 Å². The van der Waals surface area contributed by atoms with Crippen LogP contribution < -0.4 is 10.4 Å². The Hall–Kier alpha value is -2.20. The minimum absolute atomic E-state index is 0.0402. The van der Waals surface area contributed by atoms with Crippen molar-refractivity contribution in [1.82, 2.24) is 10.4 Å². The average Bonchev–Trinajstić information content (AvgIpc) is 3.36. The van der Waals surface area contributed by atoms with E-state index in [9.17, 15) is 14.9 Å². The predicted molar refractivity (Wildman–Crippen MR) is 118 cm³/mol. The van der Waals surface area contributed by atoms with Gasteiger partial charge in [0.2, 0.25) is 0 Å². The number of anilines is 1.